The van der Waals surface area contributed by atoms with E-state index in [1.54, 1.807) is 14.0 Å². The first-order valence-corrected chi connectivity index (χ1v) is 11.5. The molecular weight excluding hydrogens is 445 g/mol. The molecule has 1 atom stereocenters. The molecule has 0 saturated carbocycles. The molecule has 2 aliphatic heterocycles. The lowest BCUT2D eigenvalue weighted by Crippen LogP contribution is -2.77. The number of anilines is 1. The number of amidine groups is 1. The molecule has 8 nitrogen and oxygen atoms in total. The van der Waals surface area contributed by atoms with Crippen molar-refractivity contribution < 1.29 is 17.6 Å². The number of nitrogens with zero attached hydrogens (tertiary/aromatic N) is 2. The topological polar surface area (TPSA) is 115 Å². The molecule has 1 amide bonds. The molecule has 1 aromatic heterocycles. The summed E-state index contributed by atoms with van der Waals surface area (Å²) in [6.45, 7) is 1.99. The number of hydrogen-bond acceptors (Lipinski definition) is 6. The summed E-state index contributed by atoms with van der Waals surface area (Å²) in [6, 6.07) is 6.89. The van der Waals surface area contributed by atoms with Crippen LogP contribution in [0.15, 0.2) is 36.5 Å². The van der Waals surface area contributed by atoms with E-state index in [4.69, 9.17) is 17.0 Å². The maximum Gasteiger partial charge on any atom is 0.274 e. The van der Waals surface area contributed by atoms with Crippen LogP contribution in [0.5, 0.6) is 0 Å². The highest BCUT2D eigenvalue weighted by molar-refractivity contribution is 7.93. The molecule has 1 spiro atoms. The van der Waals surface area contributed by atoms with Gasteiger partial charge in [0.2, 0.25) is 0 Å². The molecule has 31 heavy (non-hydrogen) atoms. The summed E-state index contributed by atoms with van der Waals surface area (Å²) in [5.41, 5.74) is -0.921. The molecule has 3 N–H and O–H groups in total. The van der Waals surface area contributed by atoms with Crippen LogP contribution >= 0.6 is 11.6 Å². The number of halogens is 2. The maximum absolute atomic E-state index is 14.8. The highest BCUT2D eigenvalue weighted by atomic mass is 35.5. The van der Waals surface area contributed by atoms with Crippen LogP contribution < -0.4 is 10.6 Å². The number of rotatable bonds is 3. The van der Waals surface area contributed by atoms with E-state index < -0.39 is 31.8 Å². The molecule has 3 heterocycles. The van der Waals surface area contributed by atoms with Crippen LogP contribution in [0.2, 0.25) is 5.02 Å². The zero-order valence-electron chi connectivity index (χ0n) is 16.9. The predicted octanol–water partition coefficient (Wildman–Crippen LogP) is 2.02. The zero-order valence-corrected chi connectivity index (χ0v) is 18.4. The van der Waals surface area contributed by atoms with Gasteiger partial charge in [0.25, 0.3) is 5.91 Å². The largest absolute Gasteiger partial charge is 0.362 e. The fourth-order valence-electron chi connectivity index (χ4n) is 4.16. The smallest absolute Gasteiger partial charge is 0.274 e. The average Bonchev–Trinajstić information content (AvgIpc) is 2.65. The van der Waals surface area contributed by atoms with Crippen LogP contribution in [0, 0.1) is 11.2 Å². The number of nitrogens with one attached hydrogen (secondary N) is 3. The van der Waals surface area contributed by atoms with Gasteiger partial charge in [0, 0.05) is 30.5 Å². The van der Waals surface area contributed by atoms with Gasteiger partial charge in [0.1, 0.15) is 17.3 Å². The lowest BCUT2D eigenvalue weighted by molar-refractivity contribution is 0.102. The Balaban J connectivity index is 1.63. The molecule has 2 aliphatic rings. The molecule has 0 bridgehead atoms. The highest BCUT2D eigenvalue weighted by Gasteiger charge is 2.61. The van der Waals surface area contributed by atoms with Gasteiger partial charge in [-0.3, -0.25) is 10.2 Å². The maximum atomic E-state index is 14.8. The van der Waals surface area contributed by atoms with Crippen molar-refractivity contribution in [1.82, 2.24) is 15.2 Å². The zero-order chi connectivity index (χ0) is 22.6. The van der Waals surface area contributed by atoms with E-state index in [0.717, 1.165) is 6.07 Å². The minimum Gasteiger partial charge on any atom is -0.362 e. The Morgan fingerprint density at radius 1 is 1.32 bits per heavy atom. The SMILES string of the molecule is CN1CC2(C1)C(=N)N[C@](C)(c1cc(NC(=O)c3ccc(Cl)cn3)ccc1F)CS2(=O)=O. The summed E-state index contributed by atoms with van der Waals surface area (Å²) in [5, 5.41) is 14.3. The monoisotopic (exact) mass is 465 g/mol. The molecule has 2 saturated heterocycles. The Kier molecular flexibility index (Phi) is 5.07. The minimum absolute atomic E-state index is 0.0465. The Hall–Kier alpha value is -2.56. The molecule has 1 aromatic carbocycles. The van der Waals surface area contributed by atoms with E-state index in [1.165, 1.54) is 30.5 Å². The number of likely N-dealkylation sites (tertiary alicyclic amines) is 1. The number of pyridine rings is 1. The molecule has 4 rings (SSSR count). The summed E-state index contributed by atoms with van der Waals surface area (Å²) < 4.78 is 39.7. The van der Waals surface area contributed by atoms with Gasteiger partial charge in [0.05, 0.1) is 16.3 Å². The quantitative estimate of drug-likeness (QED) is 0.638. The van der Waals surface area contributed by atoms with E-state index in [0.29, 0.717) is 5.02 Å². The number of hydrogen-bond donors (Lipinski definition) is 3. The lowest BCUT2D eigenvalue weighted by Gasteiger charge is -2.53. The third-order valence-electron chi connectivity index (χ3n) is 5.76. The van der Waals surface area contributed by atoms with Crippen molar-refractivity contribution in [3.05, 3.63) is 58.6 Å². The Labute approximate surface area is 184 Å². The summed E-state index contributed by atoms with van der Waals surface area (Å²) >= 11 is 5.78. The number of amides is 1. The first-order chi connectivity index (χ1) is 14.5. The van der Waals surface area contributed by atoms with E-state index in [1.807, 2.05) is 4.90 Å². The second-order valence-corrected chi connectivity index (χ2v) is 11.0. The van der Waals surface area contributed by atoms with Crippen molar-refractivity contribution in [2.75, 3.05) is 31.2 Å². The number of benzene rings is 1. The molecule has 2 fully saturated rings. The van der Waals surface area contributed by atoms with E-state index >= 15 is 0 Å². The molecule has 0 aliphatic carbocycles. The summed E-state index contributed by atoms with van der Waals surface area (Å²) in [7, 11) is -1.95. The highest BCUT2D eigenvalue weighted by Crippen LogP contribution is 2.40. The third-order valence-corrected chi connectivity index (χ3v) is 8.59. The first-order valence-electron chi connectivity index (χ1n) is 9.47. The molecule has 0 unspecified atom stereocenters. The molecular formula is C20H21ClFN5O3S. The summed E-state index contributed by atoms with van der Waals surface area (Å²) in [5.74, 6) is -1.67. The van der Waals surface area contributed by atoms with Gasteiger partial charge in [-0.25, -0.2) is 17.8 Å². The van der Waals surface area contributed by atoms with Gasteiger partial charge in [0.15, 0.2) is 14.6 Å². The molecule has 2 aromatic rings. The van der Waals surface area contributed by atoms with Crippen LogP contribution in [-0.4, -0.2) is 60.7 Å². The fraction of sp³-hybridized carbons (Fsp3) is 0.350. The van der Waals surface area contributed by atoms with E-state index in [2.05, 4.69) is 15.6 Å². The number of aromatic nitrogens is 1. The summed E-state index contributed by atoms with van der Waals surface area (Å²) in [4.78, 5) is 18.2. The first kappa shape index (κ1) is 21.7. The fourth-order valence-corrected chi connectivity index (χ4v) is 6.73. The van der Waals surface area contributed by atoms with Crippen LogP contribution in [-0.2, 0) is 15.4 Å². The minimum atomic E-state index is -3.73. The van der Waals surface area contributed by atoms with E-state index in [9.17, 15) is 17.6 Å². The third kappa shape index (κ3) is 3.58. The Morgan fingerprint density at radius 3 is 2.61 bits per heavy atom. The Morgan fingerprint density at radius 2 is 2.03 bits per heavy atom. The second-order valence-electron chi connectivity index (χ2n) is 8.27. The van der Waals surface area contributed by atoms with Crippen LogP contribution in [0.1, 0.15) is 23.0 Å². The number of carbonyl (C=O) groups excluding carboxylic acids is 1. The molecule has 11 heteroatoms. The molecule has 164 valence electrons. The summed E-state index contributed by atoms with van der Waals surface area (Å²) in [6.07, 6.45) is 1.34. The van der Waals surface area contributed by atoms with Crippen molar-refractivity contribution in [3.8, 4) is 0 Å². The van der Waals surface area contributed by atoms with Gasteiger partial charge in [-0.2, -0.15) is 0 Å². The van der Waals surface area contributed by atoms with Gasteiger partial charge >= 0.3 is 0 Å². The number of carbonyl (C=O) groups is 1. The van der Waals surface area contributed by atoms with Gasteiger partial charge < -0.3 is 15.5 Å². The standard InChI is InChI=1S/C20H21ClFN5O3S/c1-19(11-31(29,30)20(18(23)26-19)9-27(2)10-20)14-7-13(4-5-15(14)22)25-17(28)16-6-3-12(21)8-24-16/h3-8H,9-11H2,1-2H3,(H2,23,26)(H,25,28)/t19-/m0/s1. The normalized spacial score (nSPS) is 24.3. The Bertz CT molecular complexity index is 1180. The van der Waals surface area contributed by atoms with Crippen LogP contribution in [0.25, 0.3) is 0 Å². The van der Waals surface area contributed by atoms with Crippen molar-refractivity contribution >= 4 is 38.9 Å². The van der Waals surface area contributed by atoms with Crippen molar-refractivity contribution in [3.63, 3.8) is 0 Å². The number of sulfone groups is 1. The molecule has 0 radical (unpaired) electrons. The average molecular weight is 466 g/mol. The van der Waals surface area contributed by atoms with Crippen LogP contribution in [0.4, 0.5) is 10.1 Å². The lowest BCUT2D eigenvalue weighted by atomic mass is 9.89. The van der Waals surface area contributed by atoms with Gasteiger partial charge in [-0.15, -0.1) is 0 Å². The predicted molar refractivity (Wildman–Crippen MR) is 116 cm³/mol. The van der Waals surface area contributed by atoms with Crippen LogP contribution in [0.3, 0.4) is 0 Å². The van der Waals surface area contributed by atoms with Gasteiger partial charge in [-0.05, 0) is 44.3 Å². The van der Waals surface area contributed by atoms with Crippen molar-refractivity contribution in [1.29, 1.82) is 5.41 Å². The second kappa shape index (κ2) is 7.25. The van der Waals surface area contributed by atoms with Gasteiger partial charge in [-0.1, -0.05) is 11.6 Å². The van der Waals surface area contributed by atoms with Crippen molar-refractivity contribution in [2.24, 2.45) is 0 Å². The van der Waals surface area contributed by atoms with E-state index in [-0.39, 0.29) is 41.6 Å². The van der Waals surface area contributed by atoms with Crippen molar-refractivity contribution in [2.45, 2.75) is 17.2 Å².